The topological polar surface area (TPSA) is 96.0 Å². The molecule has 0 spiro atoms. The summed E-state index contributed by atoms with van der Waals surface area (Å²) >= 11 is 0. The summed E-state index contributed by atoms with van der Waals surface area (Å²) in [5.41, 5.74) is 5.22. The Morgan fingerprint density at radius 3 is 2.33 bits per heavy atom. The number of halogens is 2. The third-order valence-corrected chi connectivity index (χ3v) is 3.97. The van der Waals surface area contributed by atoms with E-state index in [1.54, 1.807) is 0 Å². The lowest BCUT2D eigenvalue weighted by Gasteiger charge is -2.10. The molecule has 0 aliphatic carbocycles. The van der Waals surface area contributed by atoms with Gasteiger partial charge >= 0.3 is 0 Å². The summed E-state index contributed by atoms with van der Waals surface area (Å²) in [5.74, 6) is -2.59. The van der Waals surface area contributed by atoms with Crippen molar-refractivity contribution in [1.29, 1.82) is 5.26 Å². The molecule has 21 heavy (non-hydrogen) atoms. The lowest BCUT2D eigenvalue weighted by atomic mass is 10.2. The Hall–Kier alpha value is -2.66. The number of nitrogens with zero attached hydrogens (tertiary/aromatic N) is 1. The minimum atomic E-state index is -4.48. The monoisotopic (exact) mass is 309 g/mol. The third-order valence-electron chi connectivity index (χ3n) is 2.53. The number of hydrogen-bond acceptors (Lipinski definition) is 4. The molecule has 0 bridgehead atoms. The molecule has 2 aromatic rings. The van der Waals surface area contributed by atoms with Crippen molar-refractivity contribution in [2.24, 2.45) is 0 Å². The lowest BCUT2D eigenvalue weighted by molar-refractivity contribution is 0.522. The average molecular weight is 309 g/mol. The first-order valence-electron chi connectivity index (χ1n) is 5.61. The highest BCUT2D eigenvalue weighted by Gasteiger charge is 2.24. The molecule has 3 N–H and O–H groups in total. The van der Waals surface area contributed by atoms with Crippen molar-refractivity contribution in [3.63, 3.8) is 0 Å². The van der Waals surface area contributed by atoms with E-state index in [2.05, 4.69) is 0 Å². The summed E-state index contributed by atoms with van der Waals surface area (Å²) in [7, 11) is -4.48. The highest BCUT2D eigenvalue weighted by Crippen LogP contribution is 2.24. The van der Waals surface area contributed by atoms with Crippen molar-refractivity contribution in [3.8, 4) is 6.07 Å². The van der Waals surface area contributed by atoms with Gasteiger partial charge in [-0.1, -0.05) is 6.07 Å². The maximum Gasteiger partial charge on any atom is 0.267 e. The fourth-order valence-electron chi connectivity index (χ4n) is 1.69. The van der Waals surface area contributed by atoms with Gasteiger partial charge in [-0.15, -0.1) is 0 Å². The van der Waals surface area contributed by atoms with Crippen LogP contribution in [0.5, 0.6) is 0 Å². The summed E-state index contributed by atoms with van der Waals surface area (Å²) in [6.07, 6.45) is 0. The molecule has 0 radical (unpaired) electrons. The lowest BCUT2D eigenvalue weighted by Crippen LogP contribution is -2.16. The van der Waals surface area contributed by atoms with Crippen molar-refractivity contribution in [3.05, 3.63) is 53.6 Å². The Morgan fingerprint density at radius 1 is 1.14 bits per heavy atom. The van der Waals surface area contributed by atoms with Gasteiger partial charge < -0.3 is 5.73 Å². The first-order chi connectivity index (χ1) is 9.83. The smallest absolute Gasteiger partial charge is 0.267 e. The molecule has 0 amide bonds. The predicted octanol–water partition coefficient (Wildman–Crippen LogP) is 2.22. The van der Waals surface area contributed by atoms with E-state index in [9.17, 15) is 17.2 Å². The predicted molar refractivity (Wildman–Crippen MR) is 72.7 cm³/mol. The van der Waals surface area contributed by atoms with E-state index in [1.807, 2.05) is 10.8 Å². The number of anilines is 2. The van der Waals surface area contributed by atoms with E-state index in [-0.39, 0.29) is 16.9 Å². The van der Waals surface area contributed by atoms with E-state index < -0.39 is 26.6 Å². The minimum absolute atomic E-state index is 0.0182. The molecule has 0 aliphatic heterocycles. The number of nitrogen functional groups attached to an aromatic ring is 1. The average Bonchev–Trinajstić information content (AvgIpc) is 2.36. The second-order valence-electron chi connectivity index (χ2n) is 4.11. The van der Waals surface area contributed by atoms with Crippen LogP contribution in [0.2, 0.25) is 0 Å². The van der Waals surface area contributed by atoms with Crippen LogP contribution in [0.4, 0.5) is 20.2 Å². The molecule has 2 rings (SSSR count). The highest BCUT2D eigenvalue weighted by atomic mass is 32.2. The standard InChI is InChI=1S/C13H9F2N3O2S/c14-11-5-9(17)6-12(15)13(11)21(19,20)18-10-3-1-2-8(4-10)7-16/h1-6,18H,17H2. The molecule has 2 aromatic carbocycles. The second-order valence-corrected chi connectivity index (χ2v) is 5.73. The van der Waals surface area contributed by atoms with Gasteiger partial charge in [0.2, 0.25) is 0 Å². The van der Waals surface area contributed by atoms with Crippen molar-refractivity contribution in [1.82, 2.24) is 0 Å². The van der Waals surface area contributed by atoms with Gasteiger partial charge in [-0.2, -0.15) is 5.26 Å². The number of nitrogens with one attached hydrogen (secondary N) is 1. The van der Waals surface area contributed by atoms with Crippen LogP contribution in [0.15, 0.2) is 41.3 Å². The van der Waals surface area contributed by atoms with Crippen LogP contribution in [0.25, 0.3) is 0 Å². The van der Waals surface area contributed by atoms with E-state index in [0.717, 1.165) is 0 Å². The molecule has 0 unspecified atom stereocenters. The second kappa shape index (κ2) is 5.38. The molecule has 0 saturated heterocycles. The Bertz CT molecular complexity index is 822. The fraction of sp³-hybridized carbons (Fsp3) is 0. The molecule has 108 valence electrons. The molecule has 0 aromatic heterocycles. The molecule has 0 heterocycles. The summed E-state index contributed by atoms with van der Waals surface area (Å²) < 4.78 is 53.4. The van der Waals surface area contributed by atoms with Gasteiger partial charge in [0.1, 0.15) is 11.6 Å². The number of nitrogens with two attached hydrogens (primary N) is 1. The van der Waals surface area contributed by atoms with Gasteiger partial charge in [-0.05, 0) is 30.3 Å². The first-order valence-corrected chi connectivity index (χ1v) is 7.09. The van der Waals surface area contributed by atoms with Crippen LogP contribution in [0.3, 0.4) is 0 Å². The Kier molecular flexibility index (Phi) is 3.78. The Morgan fingerprint density at radius 2 is 1.76 bits per heavy atom. The van der Waals surface area contributed by atoms with Crippen LogP contribution in [0, 0.1) is 23.0 Å². The third kappa shape index (κ3) is 3.09. The van der Waals surface area contributed by atoms with Crippen molar-refractivity contribution in [2.45, 2.75) is 4.90 Å². The summed E-state index contributed by atoms with van der Waals surface area (Å²) in [6, 6.07) is 8.74. The van der Waals surface area contributed by atoms with Gasteiger partial charge in [-0.3, -0.25) is 4.72 Å². The van der Waals surface area contributed by atoms with Crippen LogP contribution in [0.1, 0.15) is 5.56 Å². The number of rotatable bonds is 3. The van der Waals surface area contributed by atoms with Crippen molar-refractivity contribution < 1.29 is 17.2 Å². The zero-order chi connectivity index (χ0) is 15.6. The maximum absolute atomic E-state index is 13.7. The summed E-state index contributed by atoms with van der Waals surface area (Å²) in [6.45, 7) is 0. The quantitative estimate of drug-likeness (QED) is 0.850. The molecule has 0 saturated carbocycles. The van der Waals surface area contributed by atoms with Gasteiger partial charge in [0.25, 0.3) is 10.0 Å². The van der Waals surface area contributed by atoms with Gasteiger partial charge in [0.05, 0.1) is 17.3 Å². The molecular weight excluding hydrogens is 300 g/mol. The molecule has 0 atom stereocenters. The number of hydrogen-bond donors (Lipinski definition) is 2. The van der Waals surface area contributed by atoms with Crippen LogP contribution < -0.4 is 10.5 Å². The molecule has 5 nitrogen and oxygen atoms in total. The van der Waals surface area contributed by atoms with Crippen LogP contribution in [-0.2, 0) is 10.0 Å². The normalized spacial score (nSPS) is 10.9. The Balaban J connectivity index is 2.46. The molecular formula is C13H9F2N3O2S. The van der Waals surface area contributed by atoms with E-state index in [4.69, 9.17) is 11.0 Å². The van der Waals surface area contributed by atoms with E-state index >= 15 is 0 Å². The molecule has 0 fully saturated rings. The van der Waals surface area contributed by atoms with Crippen molar-refractivity contribution in [2.75, 3.05) is 10.5 Å². The fourth-order valence-corrected chi connectivity index (χ4v) is 2.87. The van der Waals surface area contributed by atoms with Gasteiger partial charge in [0.15, 0.2) is 4.90 Å². The largest absolute Gasteiger partial charge is 0.399 e. The summed E-state index contributed by atoms with van der Waals surface area (Å²) in [5, 5.41) is 8.74. The number of nitriles is 1. The van der Waals surface area contributed by atoms with Crippen molar-refractivity contribution >= 4 is 21.4 Å². The van der Waals surface area contributed by atoms with Crippen LogP contribution in [-0.4, -0.2) is 8.42 Å². The maximum atomic E-state index is 13.7. The SMILES string of the molecule is N#Cc1cccc(NS(=O)(=O)c2c(F)cc(N)cc2F)c1. The number of benzene rings is 2. The summed E-state index contributed by atoms with van der Waals surface area (Å²) in [4.78, 5) is -1.13. The molecule has 0 aliphatic rings. The minimum Gasteiger partial charge on any atom is -0.399 e. The number of sulfonamides is 1. The molecule has 8 heteroatoms. The van der Waals surface area contributed by atoms with E-state index in [1.165, 1.54) is 24.3 Å². The Labute approximate surface area is 119 Å². The van der Waals surface area contributed by atoms with Gasteiger partial charge in [-0.25, -0.2) is 17.2 Å². The van der Waals surface area contributed by atoms with E-state index in [0.29, 0.717) is 12.1 Å². The van der Waals surface area contributed by atoms with Gasteiger partial charge in [0, 0.05) is 5.69 Å². The zero-order valence-electron chi connectivity index (χ0n) is 10.5. The highest BCUT2D eigenvalue weighted by molar-refractivity contribution is 7.92. The first kappa shape index (κ1) is 14.7. The van der Waals surface area contributed by atoms with Crippen LogP contribution >= 0.6 is 0 Å². The zero-order valence-corrected chi connectivity index (χ0v) is 11.3.